The van der Waals surface area contributed by atoms with Crippen LogP contribution in [0.5, 0.6) is 0 Å². The molecule has 6 nitrogen and oxygen atoms in total. The fourth-order valence-electron chi connectivity index (χ4n) is 4.74. The van der Waals surface area contributed by atoms with Gasteiger partial charge in [0.05, 0.1) is 29.5 Å². The lowest BCUT2D eigenvalue weighted by molar-refractivity contribution is 0.286. The third-order valence-electron chi connectivity index (χ3n) is 6.62. The summed E-state index contributed by atoms with van der Waals surface area (Å²) in [5.41, 5.74) is 7.73. The van der Waals surface area contributed by atoms with E-state index in [0.29, 0.717) is 13.1 Å². The molecule has 0 bridgehead atoms. The maximum atomic E-state index is 12.8. The molecule has 0 spiro atoms. The minimum Gasteiger partial charge on any atom is -0.302 e. The lowest BCUT2D eigenvalue weighted by Crippen LogP contribution is -2.27. The van der Waals surface area contributed by atoms with Gasteiger partial charge in [0, 0.05) is 30.8 Å². The second-order valence-corrected chi connectivity index (χ2v) is 8.50. The Bertz CT molecular complexity index is 1310. The summed E-state index contributed by atoms with van der Waals surface area (Å²) in [5, 5.41) is 4.82. The van der Waals surface area contributed by atoms with Gasteiger partial charge in [-0.2, -0.15) is 5.10 Å². The molecular weight excluding hydrogens is 410 g/mol. The summed E-state index contributed by atoms with van der Waals surface area (Å²) in [4.78, 5) is 15.3. The topological polar surface area (TPSA) is 48.0 Å². The molecule has 0 saturated carbocycles. The molecule has 0 aliphatic carbocycles. The number of hydrogen-bond donors (Lipinski definition) is 0. The van der Waals surface area contributed by atoms with E-state index in [2.05, 4.69) is 72.8 Å². The van der Waals surface area contributed by atoms with Crippen molar-refractivity contribution in [2.75, 3.05) is 19.6 Å². The molecule has 0 N–H and O–H groups in total. The highest BCUT2D eigenvalue weighted by atomic mass is 16.1. The molecule has 4 aromatic rings. The first-order chi connectivity index (χ1) is 16.0. The van der Waals surface area contributed by atoms with Crippen LogP contribution in [-0.4, -0.2) is 43.4 Å². The third-order valence-corrected chi connectivity index (χ3v) is 6.62. The Morgan fingerprint density at radius 3 is 2.27 bits per heavy atom. The average molecular weight is 446 g/mol. The van der Waals surface area contributed by atoms with Crippen LogP contribution in [0.25, 0.3) is 33.4 Å². The van der Waals surface area contributed by atoms with Crippen LogP contribution in [0.3, 0.4) is 0 Å². The van der Waals surface area contributed by atoms with Gasteiger partial charge in [-0.25, -0.2) is 4.79 Å². The van der Waals surface area contributed by atoms with Gasteiger partial charge in [-0.3, -0.25) is 13.8 Å². The van der Waals surface area contributed by atoms with E-state index in [9.17, 15) is 4.79 Å². The quantitative estimate of drug-likeness (QED) is 0.363. The summed E-state index contributed by atoms with van der Waals surface area (Å²) in [6.45, 7) is 15.7. The van der Waals surface area contributed by atoms with Gasteiger partial charge in [-0.15, -0.1) is 0 Å². The van der Waals surface area contributed by atoms with E-state index >= 15 is 0 Å². The molecule has 0 saturated heterocycles. The van der Waals surface area contributed by atoms with Crippen LogP contribution in [-0.2, 0) is 19.6 Å². The Morgan fingerprint density at radius 1 is 0.879 bits per heavy atom. The molecule has 2 aromatic carbocycles. The van der Waals surface area contributed by atoms with Crippen molar-refractivity contribution in [1.82, 2.24) is 23.8 Å². The molecule has 0 unspecified atom stereocenters. The van der Waals surface area contributed by atoms with Crippen LogP contribution >= 0.6 is 0 Å². The second-order valence-electron chi connectivity index (χ2n) is 8.50. The highest BCUT2D eigenvalue weighted by Gasteiger charge is 2.18. The predicted molar refractivity (Wildman–Crippen MR) is 137 cm³/mol. The average Bonchev–Trinajstić information content (AvgIpc) is 3.36. The number of hydrogen-bond acceptors (Lipinski definition) is 3. The van der Waals surface area contributed by atoms with Gasteiger partial charge in [-0.05, 0) is 57.6 Å². The summed E-state index contributed by atoms with van der Waals surface area (Å²) >= 11 is 0. The van der Waals surface area contributed by atoms with Gasteiger partial charge in [0.25, 0.3) is 0 Å². The first-order valence-corrected chi connectivity index (χ1v) is 12.1. The minimum absolute atomic E-state index is 0.0565. The predicted octanol–water partition coefficient (Wildman–Crippen LogP) is 5.02. The van der Waals surface area contributed by atoms with Gasteiger partial charge < -0.3 is 4.90 Å². The molecule has 0 fully saturated rings. The maximum Gasteiger partial charge on any atom is 0.329 e. The molecule has 4 rings (SSSR count). The standard InChI is InChI=1S/C27H35N5O/c1-6-29(7-2)15-16-32-26(22-12-10-11-20(5)17-22)23(19-28-32)21-13-14-24-25(18-21)31(9-4)27(33)30(24)8-3/h10-14,17-19H,6-9,15-16H2,1-5H3. The number of likely N-dealkylation sites (N-methyl/N-ethyl adjacent to an activating group) is 1. The Labute approximate surface area is 196 Å². The van der Waals surface area contributed by atoms with Gasteiger partial charge >= 0.3 is 5.69 Å². The first kappa shape index (κ1) is 23.1. The third kappa shape index (κ3) is 4.27. The summed E-state index contributed by atoms with van der Waals surface area (Å²) in [6.07, 6.45) is 1.98. The van der Waals surface area contributed by atoms with Crippen molar-refractivity contribution in [2.24, 2.45) is 0 Å². The second kappa shape index (κ2) is 9.79. The van der Waals surface area contributed by atoms with Crippen molar-refractivity contribution < 1.29 is 0 Å². The van der Waals surface area contributed by atoms with Gasteiger partial charge in [0.1, 0.15) is 0 Å². The number of benzene rings is 2. The molecule has 2 heterocycles. The van der Waals surface area contributed by atoms with Crippen molar-refractivity contribution in [2.45, 2.75) is 54.3 Å². The molecule has 6 heteroatoms. The zero-order chi connectivity index (χ0) is 23.5. The van der Waals surface area contributed by atoms with Crippen LogP contribution < -0.4 is 5.69 Å². The number of imidazole rings is 1. The summed E-state index contributed by atoms with van der Waals surface area (Å²) in [7, 11) is 0. The molecule has 0 aliphatic heterocycles. The van der Waals surface area contributed by atoms with Crippen molar-refractivity contribution in [3.8, 4) is 22.4 Å². The van der Waals surface area contributed by atoms with Gasteiger partial charge in [0.2, 0.25) is 0 Å². The molecule has 0 radical (unpaired) electrons. The van der Waals surface area contributed by atoms with Crippen molar-refractivity contribution in [3.63, 3.8) is 0 Å². The zero-order valence-electron chi connectivity index (χ0n) is 20.5. The number of rotatable bonds is 9. The van der Waals surface area contributed by atoms with E-state index in [1.807, 2.05) is 29.2 Å². The SMILES string of the molecule is CCN(CC)CCn1ncc(-c2ccc3c(c2)n(CC)c(=O)n3CC)c1-c1cccc(C)c1. The minimum atomic E-state index is 0.0565. The van der Waals surface area contributed by atoms with E-state index in [1.54, 1.807) is 0 Å². The van der Waals surface area contributed by atoms with Crippen molar-refractivity contribution in [3.05, 3.63) is 64.7 Å². The maximum absolute atomic E-state index is 12.8. The van der Waals surface area contributed by atoms with Crippen LogP contribution in [0.15, 0.2) is 53.5 Å². The van der Waals surface area contributed by atoms with Crippen molar-refractivity contribution in [1.29, 1.82) is 0 Å². The molecular formula is C27H35N5O. The Hall–Kier alpha value is -3.12. The summed E-state index contributed by atoms with van der Waals surface area (Å²) in [6, 6.07) is 15.0. The summed E-state index contributed by atoms with van der Waals surface area (Å²) < 4.78 is 5.84. The van der Waals surface area contributed by atoms with Gasteiger partial charge in [0.15, 0.2) is 0 Å². The Balaban J connectivity index is 1.87. The van der Waals surface area contributed by atoms with E-state index in [-0.39, 0.29) is 5.69 Å². The normalized spacial score (nSPS) is 11.7. The van der Waals surface area contributed by atoms with Crippen LogP contribution in [0.4, 0.5) is 0 Å². The molecule has 2 aromatic heterocycles. The van der Waals surface area contributed by atoms with E-state index in [4.69, 9.17) is 5.10 Å². The molecule has 174 valence electrons. The Kier molecular flexibility index (Phi) is 6.84. The number of aryl methyl sites for hydroxylation is 3. The zero-order valence-corrected chi connectivity index (χ0v) is 20.5. The highest BCUT2D eigenvalue weighted by Crippen LogP contribution is 2.34. The number of nitrogens with zero attached hydrogens (tertiary/aromatic N) is 5. The lowest BCUT2D eigenvalue weighted by atomic mass is 10.00. The number of fused-ring (bicyclic) bond motifs is 1. The monoisotopic (exact) mass is 445 g/mol. The van der Waals surface area contributed by atoms with E-state index in [1.165, 1.54) is 11.1 Å². The summed E-state index contributed by atoms with van der Waals surface area (Å²) in [5.74, 6) is 0. The van der Waals surface area contributed by atoms with E-state index in [0.717, 1.165) is 54.0 Å². The molecule has 0 atom stereocenters. The fourth-order valence-corrected chi connectivity index (χ4v) is 4.74. The first-order valence-electron chi connectivity index (χ1n) is 12.1. The van der Waals surface area contributed by atoms with Crippen molar-refractivity contribution >= 4 is 11.0 Å². The molecule has 0 amide bonds. The Morgan fingerprint density at radius 2 is 1.61 bits per heavy atom. The van der Waals surface area contributed by atoms with Crippen LogP contribution in [0.1, 0.15) is 33.3 Å². The van der Waals surface area contributed by atoms with E-state index < -0.39 is 0 Å². The fraction of sp³-hybridized carbons (Fsp3) is 0.407. The largest absolute Gasteiger partial charge is 0.329 e. The molecule has 0 aliphatic rings. The van der Waals surface area contributed by atoms with Crippen LogP contribution in [0.2, 0.25) is 0 Å². The smallest absolute Gasteiger partial charge is 0.302 e. The molecule has 33 heavy (non-hydrogen) atoms. The van der Waals surface area contributed by atoms with Crippen LogP contribution in [0, 0.1) is 6.92 Å². The lowest BCUT2D eigenvalue weighted by Gasteiger charge is -2.19. The highest BCUT2D eigenvalue weighted by molar-refractivity contribution is 5.87. The number of aromatic nitrogens is 4. The van der Waals surface area contributed by atoms with Gasteiger partial charge in [-0.1, -0.05) is 43.7 Å².